The average molecular weight is 371 g/mol. The van der Waals surface area contributed by atoms with Crippen molar-refractivity contribution < 1.29 is 4.79 Å². The molecule has 0 radical (unpaired) electrons. The van der Waals surface area contributed by atoms with Crippen LogP contribution in [0, 0.1) is 17.2 Å². The molecule has 0 bridgehead atoms. The molecule has 7 nitrogen and oxygen atoms in total. The second-order valence-corrected chi connectivity index (χ2v) is 7.75. The topological polar surface area (TPSA) is 85.2 Å². The summed E-state index contributed by atoms with van der Waals surface area (Å²) in [6.07, 6.45) is 11.0. The maximum Gasteiger partial charge on any atom is 0.234 e. The van der Waals surface area contributed by atoms with Gasteiger partial charge in [-0.25, -0.2) is 9.97 Å². The SMILES string of the molecule is CC1CN(c2nccnc2C#N)CCN1CC(=O)NCCC1CCCCC1. The van der Waals surface area contributed by atoms with E-state index in [2.05, 4.69) is 38.1 Å². The third-order valence-corrected chi connectivity index (χ3v) is 5.80. The Morgan fingerprint density at radius 2 is 2.04 bits per heavy atom. The lowest BCUT2D eigenvalue weighted by Gasteiger charge is -2.40. The van der Waals surface area contributed by atoms with Crippen LogP contribution in [0.25, 0.3) is 0 Å². The minimum Gasteiger partial charge on any atom is -0.355 e. The highest BCUT2D eigenvalue weighted by Gasteiger charge is 2.27. The number of carbonyl (C=O) groups excluding carboxylic acids is 1. The van der Waals surface area contributed by atoms with Gasteiger partial charge in [0.15, 0.2) is 11.5 Å². The van der Waals surface area contributed by atoms with Crippen molar-refractivity contribution in [1.82, 2.24) is 20.2 Å². The quantitative estimate of drug-likeness (QED) is 0.824. The van der Waals surface area contributed by atoms with Gasteiger partial charge in [-0.15, -0.1) is 0 Å². The van der Waals surface area contributed by atoms with Gasteiger partial charge in [0.25, 0.3) is 0 Å². The summed E-state index contributed by atoms with van der Waals surface area (Å²) in [7, 11) is 0. The standard InChI is InChI=1S/C20H30N6O/c1-16-14-26(20-18(13-21)22-9-10-24-20)12-11-25(16)15-19(27)23-8-7-17-5-3-2-4-6-17/h9-10,16-17H,2-8,11-12,14-15H2,1H3,(H,23,27). The fraction of sp³-hybridized carbons (Fsp3) is 0.700. The van der Waals surface area contributed by atoms with Gasteiger partial charge in [-0.3, -0.25) is 9.69 Å². The Kier molecular flexibility index (Phi) is 6.99. The number of aromatic nitrogens is 2. The van der Waals surface area contributed by atoms with Crippen molar-refractivity contribution in [2.75, 3.05) is 37.6 Å². The van der Waals surface area contributed by atoms with Gasteiger partial charge in [-0.05, 0) is 19.3 Å². The van der Waals surface area contributed by atoms with Crippen molar-refractivity contribution in [3.63, 3.8) is 0 Å². The zero-order valence-electron chi connectivity index (χ0n) is 16.2. The zero-order chi connectivity index (χ0) is 19.1. The highest BCUT2D eigenvalue weighted by molar-refractivity contribution is 5.78. The molecule has 1 N–H and O–H groups in total. The van der Waals surface area contributed by atoms with Crippen LogP contribution in [0.5, 0.6) is 0 Å². The van der Waals surface area contributed by atoms with E-state index in [1.54, 1.807) is 12.4 Å². The van der Waals surface area contributed by atoms with Crippen LogP contribution in [0.15, 0.2) is 12.4 Å². The Hall–Kier alpha value is -2.20. The number of hydrogen-bond acceptors (Lipinski definition) is 6. The highest BCUT2D eigenvalue weighted by Crippen LogP contribution is 2.25. The number of piperazine rings is 1. The molecule has 1 saturated heterocycles. The molecule has 3 rings (SSSR count). The minimum absolute atomic E-state index is 0.114. The second kappa shape index (κ2) is 9.65. The summed E-state index contributed by atoms with van der Waals surface area (Å²) in [5.74, 6) is 1.55. The maximum atomic E-state index is 12.3. The van der Waals surface area contributed by atoms with Gasteiger partial charge in [0.2, 0.25) is 5.91 Å². The molecule has 1 aromatic rings. The summed E-state index contributed by atoms with van der Waals surface area (Å²) < 4.78 is 0. The fourth-order valence-corrected chi connectivity index (χ4v) is 4.20. The molecule has 1 aliphatic carbocycles. The van der Waals surface area contributed by atoms with E-state index < -0.39 is 0 Å². The monoisotopic (exact) mass is 370 g/mol. The van der Waals surface area contributed by atoms with Crippen LogP contribution < -0.4 is 10.2 Å². The first-order chi connectivity index (χ1) is 13.2. The van der Waals surface area contributed by atoms with E-state index >= 15 is 0 Å². The summed E-state index contributed by atoms with van der Waals surface area (Å²) in [6.45, 7) is 5.60. The van der Waals surface area contributed by atoms with E-state index in [-0.39, 0.29) is 11.9 Å². The smallest absolute Gasteiger partial charge is 0.234 e. The van der Waals surface area contributed by atoms with Gasteiger partial charge in [-0.2, -0.15) is 5.26 Å². The fourth-order valence-electron chi connectivity index (χ4n) is 4.20. The lowest BCUT2D eigenvalue weighted by Crippen LogP contribution is -2.54. The van der Waals surface area contributed by atoms with E-state index in [0.29, 0.717) is 18.1 Å². The first-order valence-corrected chi connectivity index (χ1v) is 10.1. The normalized spacial score (nSPS) is 21.6. The molecular formula is C20H30N6O. The van der Waals surface area contributed by atoms with Crippen LogP contribution in [-0.4, -0.2) is 59.5 Å². The third-order valence-electron chi connectivity index (χ3n) is 5.80. The second-order valence-electron chi connectivity index (χ2n) is 7.75. The van der Waals surface area contributed by atoms with E-state index in [0.717, 1.165) is 38.5 Å². The van der Waals surface area contributed by atoms with Crippen LogP contribution >= 0.6 is 0 Å². The number of nitrogens with one attached hydrogen (secondary N) is 1. The van der Waals surface area contributed by atoms with Crippen LogP contribution in [0.3, 0.4) is 0 Å². The number of rotatable bonds is 6. The lowest BCUT2D eigenvalue weighted by atomic mass is 9.87. The van der Waals surface area contributed by atoms with Crippen molar-refractivity contribution >= 4 is 11.7 Å². The maximum absolute atomic E-state index is 12.3. The van der Waals surface area contributed by atoms with Crippen molar-refractivity contribution in [2.45, 2.75) is 51.5 Å². The predicted octanol–water partition coefficient (Wildman–Crippen LogP) is 1.95. The van der Waals surface area contributed by atoms with Gasteiger partial charge in [0, 0.05) is 44.6 Å². The Morgan fingerprint density at radius 1 is 1.26 bits per heavy atom. The molecule has 1 saturated carbocycles. The molecule has 1 unspecified atom stereocenters. The third kappa shape index (κ3) is 5.39. The Morgan fingerprint density at radius 3 is 2.78 bits per heavy atom. The van der Waals surface area contributed by atoms with Crippen molar-refractivity contribution in [3.8, 4) is 6.07 Å². The minimum atomic E-state index is 0.114. The van der Waals surface area contributed by atoms with E-state index in [4.69, 9.17) is 0 Å². The summed E-state index contributed by atoms with van der Waals surface area (Å²) in [4.78, 5) is 25.0. The molecule has 0 aromatic carbocycles. The molecule has 146 valence electrons. The Balaban J connectivity index is 1.43. The van der Waals surface area contributed by atoms with Crippen LogP contribution in [0.4, 0.5) is 5.82 Å². The molecule has 2 aliphatic rings. The summed E-state index contributed by atoms with van der Waals surface area (Å²) in [5.41, 5.74) is 0.360. The van der Waals surface area contributed by atoms with Crippen molar-refractivity contribution in [1.29, 1.82) is 5.26 Å². The van der Waals surface area contributed by atoms with Crippen LogP contribution in [0.1, 0.15) is 51.1 Å². The van der Waals surface area contributed by atoms with E-state index in [1.165, 1.54) is 32.1 Å². The molecule has 2 heterocycles. The summed E-state index contributed by atoms with van der Waals surface area (Å²) in [5, 5.41) is 12.3. The van der Waals surface area contributed by atoms with Crippen LogP contribution in [-0.2, 0) is 4.79 Å². The van der Waals surface area contributed by atoms with Crippen LogP contribution in [0.2, 0.25) is 0 Å². The molecule has 0 spiro atoms. The molecule has 27 heavy (non-hydrogen) atoms. The molecule has 1 amide bonds. The largest absolute Gasteiger partial charge is 0.355 e. The van der Waals surface area contributed by atoms with Gasteiger partial charge >= 0.3 is 0 Å². The first-order valence-electron chi connectivity index (χ1n) is 10.1. The van der Waals surface area contributed by atoms with E-state index in [1.807, 2.05) is 0 Å². The number of nitriles is 1. The first kappa shape index (κ1) is 19.6. The summed E-state index contributed by atoms with van der Waals surface area (Å²) >= 11 is 0. The zero-order valence-corrected chi connectivity index (χ0v) is 16.2. The highest BCUT2D eigenvalue weighted by atomic mass is 16.2. The van der Waals surface area contributed by atoms with Gasteiger partial charge in [-0.1, -0.05) is 32.1 Å². The van der Waals surface area contributed by atoms with Crippen molar-refractivity contribution in [3.05, 3.63) is 18.1 Å². The molecule has 2 fully saturated rings. The number of carbonyl (C=O) groups is 1. The molecular weight excluding hydrogens is 340 g/mol. The molecule has 1 aliphatic heterocycles. The van der Waals surface area contributed by atoms with Crippen molar-refractivity contribution in [2.24, 2.45) is 5.92 Å². The molecule has 1 aromatic heterocycles. The number of anilines is 1. The Bertz CT molecular complexity index is 667. The summed E-state index contributed by atoms with van der Waals surface area (Å²) in [6, 6.07) is 2.33. The van der Waals surface area contributed by atoms with E-state index in [9.17, 15) is 10.1 Å². The lowest BCUT2D eigenvalue weighted by molar-refractivity contribution is -0.122. The molecule has 1 atom stereocenters. The predicted molar refractivity (Wildman–Crippen MR) is 104 cm³/mol. The van der Waals surface area contributed by atoms with Gasteiger partial charge in [0.1, 0.15) is 6.07 Å². The number of nitrogens with zero attached hydrogens (tertiary/aromatic N) is 5. The van der Waals surface area contributed by atoms with Gasteiger partial charge < -0.3 is 10.2 Å². The number of amides is 1. The molecule has 7 heteroatoms. The Labute approximate surface area is 161 Å². The average Bonchev–Trinajstić information content (AvgIpc) is 2.70. The number of hydrogen-bond donors (Lipinski definition) is 1. The van der Waals surface area contributed by atoms with Gasteiger partial charge in [0.05, 0.1) is 6.54 Å².